The Morgan fingerprint density at radius 2 is 2.08 bits per heavy atom. The minimum atomic E-state index is -4.35. The SMILES string of the molecule is O=NC(NCP(=O)(O)O)C(=O)O. The number of rotatable bonds is 5. The average molecular weight is 198 g/mol. The fraction of sp³-hybridized carbons (Fsp3) is 0.667. The lowest BCUT2D eigenvalue weighted by Gasteiger charge is -2.07. The van der Waals surface area contributed by atoms with Crippen molar-refractivity contribution in [2.24, 2.45) is 5.18 Å². The van der Waals surface area contributed by atoms with Crippen molar-refractivity contribution in [3.63, 3.8) is 0 Å². The van der Waals surface area contributed by atoms with Gasteiger partial charge in [-0.25, -0.2) is 4.79 Å². The number of nitrogens with zero attached hydrogens (tertiary/aromatic N) is 1. The predicted molar refractivity (Wildman–Crippen MR) is 37.3 cm³/mol. The number of aliphatic carboxylic acids is 1. The molecule has 1 atom stereocenters. The van der Waals surface area contributed by atoms with Crippen molar-refractivity contribution in [2.45, 2.75) is 6.17 Å². The summed E-state index contributed by atoms with van der Waals surface area (Å²) in [6.45, 7) is 0. The Morgan fingerprint density at radius 1 is 1.58 bits per heavy atom. The van der Waals surface area contributed by atoms with Gasteiger partial charge in [0.05, 0.1) is 0 Å². The number of carboxylic acid groups (broad SMARTS) is 1. The molecule has 0 aromatic rings. The third-order valence-corrected chi connectivity index (χ3v) is 1.42. The summed E-state index contributed by atoms with van der Waals surface area (Å²) in [5, 5.41) is 12.0. The number of hydrogen-bond acceptors (Lipinski definition) is 5. The molecule has 0 amide bonds. The van der Waals surface area contributed by atoms with E-state index in [4.69, 9.17) is 14.9 Å². The van der Waals surface area contributed by atoms with Crippen LogP contribution in [-0.2, 0) is 9.36 Å². The lowest BCUT2D eigenvalue weighted by atomic mass is 10.5. The Kier molecular flexibility index (Phi) is 3.98. The van der Waals surface area contributed by atoms with Gasteiger partial charge in [0.1, 0.15) is 6.29 Å². The fourth-order valence-electron chi connectivity index (χ4n) is 0.375. The minimum absolute atomic E-state index is 0.893. The standard InChI is InChI=1S/C3H7N2O6P/c6-3(7)2(5-8)4-1-12(9,10)11/h2,4H,1H2,(H,6,7)(H2,9,10,11). The molecule has 0 rings (SSSR count). The quantitative estimate of drug-likeness (QED) is 0.324. The van der Waals surface area contributed by atoms with Gasteiger partial charge in [0.25, 0.3) is 0 Å². The molecule has 4 N–H and O–H groups in total. The first-order chi connectivity index (χ1) is 5.37. The van der Waals surface area contributed by atoms with Gasteiger partial charge >= 0.3 is 13.6 Å². The van der Waals surface area contributed by atoms with Gasteiger partial charge in [-0.15, -0.1) is 4.91 Å². The van der Waals surface area contributed by atoms with Gasteiger partial charge in [0.15, 0.2) is 0 Å². The number of hydrogen-bond donors (Lipinski definition) is 4. The average Bonchev–Trinajstić information content (AvgIpc) is 1.85. The van der Waals surface area contributed by atoms with Gasteiger partial charge in [-0.1, -0.05) is 0 Å². The van der Waals surface area contributed by atoms with Gasteiger partial charge in [-0.05, 0) is 5.18 Å². The van der Waals surface area contributed by atoms with Crippen LogP contribution in [0.4, 0.5) is 0 Å². The maximum absolute atomic E-state index is 10.2. The zero-order valence-corrected chi connectivity index (χ0v) is 6.64. The van der Waals surface area contributed by atoms with E-state index in [2.05, 4.69) is 5.18 Å². The van der Waals surface area contributed by atoms with Crippen molar-refractivity contribution < 1.29 is 24.3 Å². The number of nitrogens with one attached hydrogen (secondary N) is 1. The van der Waals surface area contributed by atoms with Crippen LogP contribution >= 0.6 is 7.60 Å². The molecule has 0 radical (unpaired) electrons. The molecule has 0 aliphatic carbocycles. The molecule has 0 fully saturated rings. The summed E-state index contributed by atoms with van der Waals surface area (Å²) in [5.41, 5.74) is 0. The second-order valence-electron chi connectivity index (χ2n) is 1.87. The molecule has 0 aromatic carbocycles. The Balaban J connectivity index is 3.98. The molecule has 0 aromatic heterocycles. The summed E-state index contributed by atoms with van der Waals surface area (Å²) in [4.78, 5) is 36.3. The smallest absolute Gasteiger partial charge is 0.347 e. The Bertz CT molecular complexity index is 223. The highest BCUT2D eigenvalue weighted by Gasteiger charge is 2.21. The molecular formula is C3H7N2O6P. The molecule has 0 saturated carbocycles. The van der Waals surface area contributed by atoms with Crippen LogP contribution in [0, 0.1) is 4.91 Å². The first-order valence-electron chi connectivity index (χ1n) is 2.70. The Morgan fingerprint density at radius 3 is 2.33 bits per heavy atom. The van der Waals surface area contributed by atoms with Gasteiger partial charge in [-0.2, -0.15) is 0 Å². The Hall–Kier alpha value is -0.820. The van der Waals surface area contributed by atoms with Gasteiger partial charge in [0.2, 0.25) is 6.17 Å². The van der Waals surface area contributed by atoms with E-state index in [0.29, 0.717) is 0 Å². The molecule has 0 spiro atoms. The van der Waals surface area contributed by atoms with Crippen molar-refractivity contribution >= 4 is 13.6 Å². The minimum Gasteiger partial charge on any atom is -0.479 e. The van der Waals surface area contributed by atoms with Crippen LogP contribution < -0.4 is 5.32 Å². The highest BCUT2D eigenvalue weighted by Crippen LogP contribution is 2.32. The van der Waals surface area contributed by atoms with Crippen LogP contribution in [0.1, 0.15) is 0 Å². The third-order valence-electron chi connectivity index (χ3n) is 0.830. The molecule has 0 aliphatic rings. The fourth-order valence-corrected chi connectivity index (χ4v) is 0.786. The van der Waals surface area contributed by atoms with Crippen LogP contribution in [0.25, 0.3) is 0 Å². The van der Waals surface area contributed by atoms with E-state index in [0.717, 1.165) is 0 Å². The highest BCUT2D eigenvalue weighted by molar-refractivity contribution is 7.51. The van der Waals surface area contributed by atoms with Crippen molar-refractivity contribution in [3.8, 4) is 0 Å². The molecule has 8 nitrogen and oxygen atoms in total. The highest BCUT2D eigenvalue weighted by atomic mass is 31.2. The number of carboxylic acids is 1. The van der Waals surface area contributed by atoms with E-state index >= 15 is 0 Å². The van der Waals surface area contributed by atoms with Gasteiger partial charge < -0.3 is 14.9 Å². The second-order valence-corrected chi connectivity index (χ2v) is 3.52. The second kappa shape index (κ2) is 4.27. The maximum atomic E-state index is 10.2. The van der Waals surface area contributed by atoms with Crippen molar-refractivity contribution in [1.29, 1.82) is 0 Å². The van der Waals surface area contributed by atoms with Crippen LogP contribution in [0.3, 0.4) is 0 Å². The maximum Gasteiger partial charge on any atom is 0.347 e. The van der Waals surface area contributed by atoms with E-state index < -0.39 is 26.0 Å². The molecule has 0 saturated heterocycles. The summed E-state index contributed by atoms with van der Waals surface area (Å²) in [7, 11) is -4.35. The molecule has 12 heavy (non-hydrogen) atoms. The van der Waals surface area contributed by atoms with Crippen LogP contribution in [-0.4, -0.2) is 33.3 Å². The van der Waals surface area contributed by atoms with Gasteiger partial charge in [0, 0.05) is 0 Å². The molecular weight excluding hydrogens is 191 g/mol. The van der Waals surface area contributed by atoms with E-state index in [1.807, 2.05) is 0 Å². The van der Waals surface area contributed by atoms with E-state index in [1.54, 1.807) is 5.32 Å². The van der Waals surface area contributed by atoms with E-state index in [9.17, 15) is 14.3 Å². The molecule has 0 bridgehead atoms. The first-order valence-corrected chi connectivity index (χ1v) is 4.50. The summed E-state index contributed by atoms with van der Waals surface area (Å²) in [6.07, 6.45) is -2.71. The van der Waals surface area contributed by atoms with Crippen molar-refractivity contribution in [3.05, 3.63) is 4.91 Å². The first kappa shape index (κ1) is 11.2. The zero-order chi connectivity index (χ0) is 9.78. The molecule has 70 valence electrons. The van der Waals surface area contributed by atoms with E-state index in [1.165, 1.54) is 0 Å². The Labute approximate surface area is 66.7 Å². The van der Waals surface area contributed by atoms with Crippen LogP contribution in [0.15, 0.2) is 5.18 Å². The topological polar surface area (TPSA) is 136 Å². The molecule has 0 aliphatic heterocycles. The molecule has 1 unspecified atom stereocenters. The summed E-state index contributed by atoms with van der Waals surface area (Å²) in [6, 6.07) is 0. The van der Waals surface area contributed by atoms with Crippen molar-refractivity contribution in [2.75, 3.05) is 6.29 Å². The largest absolute Gasteiger partial charge is 0.479 e. The number of carbonyl (C=O) groups is 1. The van der Waals surface area contributed by atoms with Crippen molar-refractivity contribution in [1.82, 2.24) is 5.32 Å². The summed E-state index contributed by atoms with van der Waals surface area (Å²) >= 11 is 0. The lowest BCUT2D eigenvalue weighted by Crippen LogP contribution is -2.35. The summed E-state index contributed by atoms with van der Waals surface area (Å²) < 4.78 is 10.2. The van der Waals surface area contributed by atoms with Crippen LogP contribution in [0.2, 0.25) is 0 Å². The molecule has 0 heterocycles. The molecule has 9 heteroatoms. The van der Waals surface area contributed by atoms with Crippen LogP contribution in [0.5, 0.6) is 0 Å². The normalized spacial score (nSPS) is 13.8. The monoisotopic (exact) mass is 198 g/mol. The van der Waals surface area contributed by atoms with Gasteiger partial charge in [-0.3, -0.25) is 9.88 Å². The zero-order valence-electron chi connectivity index (χ0n) is 5.75. The predicted octanol–water partition coefficient (Wildman–Crippen LogP) is -1.11. The third kappa shape index (κ3) is 4.91. The van der Waals surface area contributed by atoms with E-state index in [-0.39, 0.29) is 0 Å². The lowest BCUT2D eigenvalue weighted by molar-refractivity contribution is -0.139. The summed E-state index contributed by atoms with van der Waals surface area (Å²) in [5.74, 6) is -1.58. The number of nitroso groups, excluding NO2 is 1.